The molecule has 1 aliphatic carbocycles. The van der Waals surface area contributed by atoms with Crippen LogP contribution >= 0.6 is 11.3 Å². The van der Waals surface area contributed by atoms with E-state index in [9.17, 15) is 4.39 Å². The lowest BCUT2D eigenvalue weighted by Crippen LogP contribution is -2.24. The molecule has 1 heterocycles. The van der Waals surface area contributed by atoms with Crippen molar-refractivity contribution in [2.75, 3.05) is 13.1 Å². The van der Waals surface area contributed by atoms with Crippen LogP contribution in [-0.2, 0) is 12.8 Å². The third-order valence-electron chi connectivity index (χ3n) is 4.06. The first-order valence-electron chi connectivity index (χ1n) is 7.70. The highest BCUT2D eigenvalue weighted by Gasteiger charge is 2.24. The number of rotatable bonds is 5. The van der Waals surface area contributed by atoms with Crippen LogP contribution < -0.4 is 5.32 Å². The predicted molar refractivity (Wildman–Crippen MR) is 85.5 cm³/mol. The van der Waals surface area contributed by atoms with Gasteiger partial charge in [0.05, 0.1) is 10.7 Å². The molecule has 0 saturated heterocycles. The van der Waals surface area contributed by atoms with E-state index in [1.165, 1.54) is 29.5 Å². The summed E-state index contributed by atoms with van der Waals surface area (Å²) in [6.45, 7) is 4.14. The number of thiazole rings is 1. The normalized spacial score (nSPS) is 17.7. The number of halogens is 1. The van der Waals surface area contributed by atoms with Gasteiger partial charge in [-0.1, -0.05) is 25.1 Å². The zero-order valence-corrected chi connectivity index (χ0v) is 13.2. The fourth-order valence-corrected chi connectivity index (χ4v) is 4.17. The largest absolute Gasteiger partial charge is 0.316 e. The Morgan fingerprint density at radius 3 is 3.05 bits per heavy atom. The predicted octanol–water partition coefficient (Wildman–Crippen LogP) is 3.90. The minimum atomic E-state index is -0.130. The van der Waals surface area contributed by atoms with Crippen LogP contribution in [-0.4, -0.2) is 18.1 Å². The highest BCUT2D eigenvalue weighted by molar-refractivity contribution is 7.11. The fourth-order valence-electron chi connectivity index (χ4n) is 2.96. The summed E-state index contributed by atoms with van der Waals surface area (Å²) in [7, 11) is 0. The molecule has 1 aliphatic rings. The molecule has 21 heavy (non-hydrogen) atoms. The summed E-state index contributed by atoms with van der Waals surface area (Å²) in [6, 6.07) is 7.00. The maximum Gasteiger partial charge on any atom is 0.126 e. The number of benzene rings is 1. The molecular formula is C17H21FN2S. The topological polar surface area (TPSA) is 24.9 Å². The van der Waals surface area contributed by atoms with E-state index in [2.05, 4.69) is 12.2 Å². The minimum absolute atomic E-state index is 0.130. The van der Waals surface area contributed by atoms with Gasteiger partial charge in [0.2, 0.25) is 0 Å². The number of nitrogens with zero attached hydrogens (tertiary/aromatic N) is 1. The third kappa shape index (κ3) is 3.33. The molecule has 4 heteroatoms. The Morgan fingerprint density at radius 2 is 2.24 bits per heavy atom. The Morgan fingerprint density at radius 1 is 1.38 bits per heavy atom. The summed E-state index contributed by atoms with van der Waals surface area (Å²) in [5.41, 5.74) is 2.00. The van der Waals surface area contributed by atoms with Crippen molar-refractivity contribution in [2.45, 2.75) is 38.5 Å². The zero-order valence-electron chi connectivity index (χ0n) is 12.4. The van der Waals surface area contributed by atoms with E-state index in [-0.39, 0.29) is 5.82 Å². The molecule has 2 nitrogen and oxygen atoms in total. The number of fused-ring (bicyclic) bond motifs is 1. The van der Waals surface area contributed by atoms with E-state index in [0.29, 0.717) is 12.3 Å². The van der Waals surface area contributed by atoms with Gasteiger partial charge in [-0.3, -0.25) is 0 Å². The van der Waals surface area contributed by atoms with Gasteiger partial charge in [0, 0.05) is 23.8 Å². The van der Waals surface area contributed by atoms with Crippen LogP contribution in [0.3, 0.4) is 0 Å². The fraction of sp³-hybridized carbons (Fsp3) is 0.471. The van der Waals surface area contributed by atoms with Crippen molar-refractivity contribution >= 4 is 11.3 Å². The molecule has 0 bridgehead atoms. The molecule has 0 saturated carbocycles. The molecule has 0 amide bonds. The maximum absolute atomic E-state index is 13.8. The van der Waals surface area contributed by atoms with E-state index >= 15 is 0 Å². The van der Waals surface area contributed by atoms with Gasteiger partial charge in [-0.25, -0.2) is 9.37 Å². The molecule has 3 rings (SSSR count). The lowest BCUT2D eigenvalue weighted by Gasteiger charge is -2.21. The van der Waals surface area contributed by atoms with Crippen molar-refractivity contribution in [3.63, 3.8) is 0 Å². The number of hydrogen-bond donors (Lipinski definition) is 1. The standard InChI is InChI=1S/C17H21FN2S/c1-2-19-11-13-7-5-9-15-17(13)20-16(21-15)10-12-6-3-4-8-14(12)18/h3-4,6,8,13,19H,2,5,7,9-11H2,1H3. The van der Waals surface area contributed by atoms with Crippen molar-refractivity contribution in [3.05, 3.63) is 51.2 Å². The summed E-state index contributed by atoms with van der Waals surface area (Å²) >= 11 is 1.77. The molecule has 0 spiro atoms. The molecule has 1 N–H and O–H groups in total. The van der Waals surface area contributed by atoms with Crippen molar-refractivity contribution in [2.24, 2.45) is 0 Å². The van der Waals surface area contributed by atoms with Gasteiger partial charge >= 0.3 is 0 Å². The monoisotopic (exact) mass is 304 g/mol. The quantitative estimate of drug-likeness (QED) is 0.906. The van der Waals surface area contributed by atoms with Crippen LogP contribution in [0.5, 0.6) is 0 Å². The summed E-state index contributed by atoms with van der Waals surface area (Å²) in [4.78, 5) is 6.25. The Kier molecular flexibility index (Phi) is 4.66. The number of likely N-dealkylation sites (N-methyl/N-ethyl adjacent to an activating group) is 1. The molecule has 112 valence electrons. The van der Waals surface area contributed by atoms with Crippen LogP contribution in [0.15, 0.2) is 24.3 Å². The maximum atomic E-state index is 13.8. The van der Waals surface area contributed by atoms with Crippen LogP contribution in [0.25, 0.3) is 0 Å². The Labute approximate surface area is 129 Å². The Hall–Kier alpha value is -1.26. The lowest BCUT2D eigenvalue weighted by molar-refractivity contribution is 0.508. The first-order valence-corrected chi connectivity index (χ1v) is 8.52. The number of hydrogen-bond acceptors (Lipinski definition) is 3. The third-order valence-corrected chi connectivity index (χ3v) is 5.19. The summed E-state index contributed by atoms with van der Waals surface area (Å²) < 4.78 is 13.8. The molecule has 0 aliphatic heterocycles. The Balaban J connectivity index is 1.80. The lowest BCUT2D eigenvalue weighted by atomic mass is 9.91. The van der Waals surface area contributed by atoms with E-state index in [1.807, 2.05) is 12.1 Å². The van der Waals surface area contributed by atoms with E-state index in [0.717, 1.165) is 30.1 Å². The van der Waals surface area contributed by atoms with Gasteiger partial charge in [-0.2, -0.15) is 0 Å². The number of aromatic nitrogens is 1. The van der Waals surface area contributed by atoms with Gasteiger partial charge < -0.3 is 5.32 Å². The molecular weight excluding hydrogens is 283 g/mol. The van der Waals surface area contributed by atoms with Gasteiger partial charge in [-0.05, 0) is 37.4 Å². The summed E-state index contributed by atoms with van der Waals surface area (Å²) in [6.07, 6.45) is 4.19. The van der Waals surface area contributed by atoms with E-state index < -0.39 is 0 Å². The van der Waals surface area contributed by atoms with Gasteiger partial charge in [-0.15, -0.1) is 11.3 Å². The van der Waals surface area contributed by atoms with Crippen molar-refractivity contribution in [1.29, 1.82) is 0 Å². The van der Waals surface area contributed by atoms with Gasteiger partial charge in [0.25, 0.3) is 0 Å². The average Bonchev–Trinajstić information content (AvgIpc) is 2.90. The SMILES string of the molecule is CCNCC1CCCc2sc(Cc3ccccc3F)nc21. The van der Waals surface area contributed by atoms with Gasteiger partial charge in [0.1, 0.15) is 5.82 Å². The second kappa shape index (κ2) is 6.67. The first kappa shape index (κ1) is 14.7. The van der Waals surface area contributed by atoms with Gasteiger partial charge in [0.15, 0.2) is 0 Å². The van der Waals surface area contributed by atoms with E-state index in [4.69, 9.17) is 4.98 Å². The summed E-state index contributed by atoms with van der Waals surface area (Å²) in [5.74, 6) is 0.397. The molecule has 1 aromatic carbocycles. The molecule has 1 aromatic heterocycles. The highest BCUT2D eigenvalue weighted by Crippen LogP contribution is 2.35. The Bertz CT molecular complexity index is 609. The minimum Gasteiger partial charge on any atom is -0.316 e. The van der Waals surface area contributed by atoms with Crippen molar-refractivity contribution in [1.82, 2.24) is 10.3 Å². The number of aryl methyl sites for hydroxylation is 1. The summed E-state index contributed by atoms with van der Waals surface area (Å²) in [5, 5.41) is 4.48. The van der Waals surface area contributed by atoms with Crippen LogP contribution in [0.4, 0.5) is 4.39 Å². The molecule has 0 fully saturated rings. The highest BCUT2D eigenvalue weighted by atomic mass is 32.1. The smallest absolute Gasteiger partial charge is 0.126 e. The first-order chi connectivity index (χ1) is 10.3. The average molecular weight is 304 g/mol. The second-order valence-corrected chi connectivity index (χ2v) is 6.75. The van der Waals surface area contributed by atoms with Crippen LogP contribution in [0.1, 0.15) is 46.8 Å². The molecule has 1 unspecified atom stereocenters. The van der Waals surface area contributed by atoms with Crippen molar-refractivity contribution < 1.29 is 4.39 Å². The van der Waals surface area contributed by atoms with Crippen LogP contribution in [0, 0.1) is 5.82 Å². The molecule has 2 aromatic rings. The van der Waals surface area contributed by atoms with Crippen molar-refractivity contribution in [3.8, 4) is 0 Å². The molecule has 0 radical (unpaired) electrons. The zero-order chi connectivity index (χ0) is 14.7. The van der Waals surface area contributed by atoms with E-state index in [1.54, 1.807) is 17.4 Å². The second-order valence-electron chi connectivity index (χ2n) is 5.58. The number of nitrogens with one attached hydrogen (secondary N) is 1. The van der Waals surface area contributed by atoms with Crippen LogP contribution in [0.2, 0.25) is 0 Å². The molecule has 1 atom stereocenters.